The normalized spacial score (nSPS) is 11.0. The molecule has 2 heterocycles. The number of rotatable bonds is 5. The van der Waals surface area contributed by atoms with Crippen molar-refractivity contribution >= 4 is 5.82 Å². The van der Waals surface area contributed by atoms with E-state index in [0.717, 1.165) is 30.4 Å². The molecule has 0 unspecified atom stereocenters. The van der Waals surface area contributed by atoms with E-state index in [9.17, 15) is 0 Å². The molecule has 0 amide bonds. The van der Waals surface area contributed by atoms with Crippen molar-refractivity contribution < 1.29 is 0 Å². The van der Waals surface area contributed by atoms with Crippen LogP contribution in [0.5, 0.6) is 0 Å². The summed E-state index contributed by atoms with van der Waals surface area (Å²) in [6.45, 7) is 3.85. The van der Waals surface area contributed by atoms with Gasteiger partial charge < -0.3 is 9.80 Å². The van der Waals surface area contributed by atoms with E-state index in [0.29, 0.717) is 0 Å². The molecule has 2 aromatic heterocycles. The minimum Gasteiger partial charge on any atom is -0.357 e. The number of aryl methyl sites for hydroxylation is 1. The van der Waals surface area contributed by atoms with Crippen molar-refractivity contribution in [3.63, 3.8) is 0 Å². The van der Waals surface area contributed by atoms with Crippen LogP contribution in [0.15, 0.2) is 24.4 Å². The third-order valence-corrected chi connectivity index (χ3v) is 2.87. The fraction of sp³-hybridized carbons (Fsp3) is 0.462. The van der Waals surface area contributed by atoms with Gasteiger partial charge in [0, 0.05) is 26.3 Å². The molecule has 0 aliphatic carbocycles. The van der Waals surface area contributed by atoms with Crippen molar-refractivity contribution in [1.82, 2.24) is 24.9 Å². The maximum atomic E-state index is 4.31. The zero-order valence-corrected chi connectivity index (χ0v) is 11.9. The van der Waals surface area contributed by atoms with Crippen LogP contribution in [-0.2, 0) is 0 Å². The van der Waals surface area contributed by atoms with Crippen LogP contribution in [0.3, 0.4) is 0 Å². The molecular formula is C13H20N6. The summed E-state index contributed by atoms with van der Waals surface area (Å²) in [4.78, 5) is 4.23. The van der Waals surface area contributed by atoms with Crippen molar-refractivity contribution in [1.29, 1.82) is 0 Å². The summed E-state index contributed by atoms with van der Waals surface area (Å²) in [6, 6.07) is 5.84. The van der Waals surface area contributed by atoms with E-state index in [4.69, 9.17) is 0 Å². The highest BCUT2D eigenvalue weighted by molar-refractivity contribution is 5.38. The van der Waals surface area contributed by atoms with Crippen LogP contribution in [-0.4, -0.2) is 59.1 Å². The van der Waals surface area contributed by atoms with Crippen LogP contribution >= 0.6 is 0 Å². The Morgan fingerprint density at radius 1 is 1.05 bits per heavy atom. The standard InChI is InChI=1S/C13H20N6/c1-11-7-8-19(16-11)13-6-5-12(14-15-13)18(4)10-9-17(2)3/h5-8H,9-10H2,1-4H3. The summed E-state index contributed by atoms with van der Waals surface area (Å²) >= 11 is 0. The summed E-state index contributed by atoms with van der Waals surface area (Å²) < 4.78 is 1.73. The molecule has 0 N–H and O–H groups in total. The van der Waals surface area contributed by atoms with Crippen molar-refractivity contribution in [2.75, 3.05) is 39.1 Å². The molecule has 0 atom stereocenters. The van der Waals surface area contributed by atoms with Crippen LogP contribution in [0, 0.1) is 6.92 Å². The predicted octanol–water partition coefficient (Wildman–Crippen LogP) is 0.969. The minimum absolute atomic E-state index is 0.734. The monoisotopic (exact) mass is 260 g/mol. The molecule has 6 nitrogen and oxygen atoms in total. The molecule has 2 aromatic rings. The Kier molecular flexibility index (Phi) is 4.11. The van der Waals surface area contributed by atoms with Crippen LogP contribution in [0.1, 0.15) is 5.69 Å². The highest BCUT2D eigenvalue weighted by Gasteiger charge is 2.05. The van der Waals surface area contributed by atoms with Gasteiger partial charge in [0.1, 0.15) is 0 Å². The number of nitrogens with zero attached hydrogens (tertiary/aromatic N) is 6. The fourth-order valence-electron chi connectivity index (χ4n) is 1.65. The van der Waals surface area contributed by atoms with E-state index >= 15 is 0 Å². The molecule has 0 bridgehead atoms. The Bertz CT molecular complexity index is 516. The van der Waals surface area contributed by atoms with Gasteiger partial charge in [-0.25, -0.2) is 4.68 Å². The van der Waals surface area contributed by atoms with Gasteiger partial charge in [0.2, 0.25) is 0 Å². The Balaban J connectivity index is 2.05. The van der Waals surface area contributed by atoms with Gasteiger partial charge in [-0.3, -0.25) is 0 Å². The first-order chi connectivity index (χ1) is 9.06. The minimum atomic E-state index is 0.734. The van der Waals surface area contributed by atoms with Crippen LogP contribution in [0.4, 0.5) is 5.82 Å². The first-order valence-electron chi connectivity index (χ1n) is 6.28. The first kappa shape index (κ1) is 13.5. The van der Waals surface area contributed by atoms with Crippen LogP contribution in [0.25, 0.3) is 5.82 Å². The number of hydrogen-bond acceptors (Lipinski definition) is 5. The molecule has 2 rings (SSSR count). The van der Waals surface area contributed by atoms with Gasteiger partial charge in [-0.2, -0.15) is 5.10 Å². The number of aromatic nitrogens is 4. The highest BCUT2D eigenvalue weighted by atomic mass is 15.4. The lowest BCUT2D eigenvalue weighted by atomic mass is 10.4. The summed E-state index contributed by atoms with van der Waals surface area (Å²) in [7, 11) is 6.14. The van der Waals surface area contributed by atoms with Crippen molar-refractivity contribution in [3.8, 4) is 5.82 Å². The number of hydrogen-bond donors (Lipinski definition) is 0. The van der Waals surface area contributed by atoms with E-state index < -0.39 is 0 Å². The molecule has 0 aliphatic rings. The van der Waals surface area contributed by atoms with Gasteiger partial charge in [0.15, 0.2) is 11.6 Å². The zero-order valence-electron chi connectivity index (χ0n) is 11.9. The lowest BCUT2D eigenvalue weighted by molar-refractivity contribution is 0.416. The van der Waals surface area contributed by atoms with Gasteiger partial charge in [-0.15, -0.1) is 10.2 Å². The second kappa shape index (κ2) is 5.79. The first-order valence-corrected chi connectivity index (χ1v) is 6.28. The summed E-state index contributed by atoms with van der Waals surface area (Å²) in [6.07, 6.45) is 1.88. The molecule has 0 spiro atoms. The fourth-order valence-corrected chi connectivity index (χ4v) is 1.65. The van der Waals surface area contributed by atoms with E-state index in [1.807, 2.05) is 38.4 Å². The highest BCUT2D eigenvalue weighted by Crippen LogP contribution is 2.09. The molecule has 0 aliphatic heterocycles. The Morgan fingerprint density at radius 3 is 2.37 bits per heavy atom. The lowest BCUT2D eigenvalue weighted by Gasteiger charge is -2.19. The van der Waals surface area contributed by atoms with E-state index in [1.54, 1.807) is 4.68 Å². The number of likely N-dealkylation sites (N-methyl/N-ethyl adjacent to an activating group) is 2. The van der Waals surface area contributed by atoms with Gasteiger partial charge in [-0.05, 0) is 39.2 Å². The maximum Gasteiger partial charge on any atom is 0.175 e. The molecule has 0 fully saturated rings. The zero-order chi connectivity index (χ0) is 13.8. The van der Waals surface area contributed by atoms with Gasteiger partial charge in [0.25, 0.3) is 0 Å². The third kappa shape index (κ3) is 3.51. The van der Waals surface area contributed by atoms with Gasteiger partial charge in [-0.1, -0.05) is 0 Å². The molecule has 0 aromatic carbocycles. The maximum absolute atomic E-state index is 4.31. The van der Waals surface area contributed by atoms with Crippen molar-refractivity contribution in [3.05, 3.63) is 30.1 Å². The topological polar surface area (TPSA) is 50.1 Å². The molecule has 0 saturated carbocycles. The van der Waals surface area contributed by atoms with E-state index in [2.05, 4.69) is 39.2 Å². The van der Waals surface area contributed by atoms with Crippen LogP contribution < -0.4 is 4.90 Å². The van der Waals surface area contributed by atoms with Gasteiger partial charge in [0.05, 0.1) is 5.69 Å². The molecule has 19 heavy (non-hydrogen) atoms. The smallest absolute Gasteiger partial charge is 0.175 e. The Labute approximate surface area is 113 Å². The second-order valence-electron chi connectivity index (χ2n) is 4.88. The molecular weight excluding hydrogens is 240 g/mol. The SMILES string of the molecule is Cc1ccn(-c2ccc(N(C)CCN(C)C)nn2)n1. The van der Waals surface area contributed by atoms with E-state index in [-0.39, 0.29) is 0 Å². The third-order valence-electron chi connectivity index (χ3n) is 2.87. The van der Waals surface area contributed by atoms with Crippen molar-refractivity contribution in [2.45, 2.75) is 6.92 Å². The summed E-state index contributed by atoms with van der Waals surface area (Å²) in [5, 5.41) is 12.8. The molecule has 0 saturated heterocycles. The largest absolute Gasteiger partial charge is 0.357 e. The van der Waals surface area contributed by atoms with Crippen LogP contribution in [0.2, 0.25) is 0 Å². The summed E-state index contributed by atoms with van der Waals surface area (Å²) in [5.74, 6) is 1.60. The lowest BCUT2D eigenvalue weighted by Crippen LogP contribution is -2.29. The average Bonchev–Trinajstić information content (AvgIpc) is 2.83. The van der Waals surface area contributed by atoms with E-state index in [1.165, 1.54) is 0 Å². The predicted molar refractivity (Wildman–Crippen MR) is 75.7 cm³/mol. The number of anilines is 1. The molecule has 0 radical (unpaired) electrons. The Hall–Kier alpha value is -1.95. The van der Waals surface area contributed by atoms with Crippen molar-refractivity contribution in [2.24, 2.45) is 0 Å². The Morgan fingerprint density at radius 2 is 1.84 bits per heavy atom. The molecule has 102 valence electrons. The quantitative estimate of drug-likeness (QED) is 0.801. The van der Waals surface area contributed by atoms with Gasteiger partial charge >= 0.3 is 0 Å². The molecule has 6 heteroatoms. The second-order valence-corrected chi connectivity index (χ2v) is 4.88. The summed E-state index contributed by atoms with van der Waals surface area (Å²) in [5.41, 5.74) is 0.967. The average molecular weight is 260 g/mol.